The van der Waals surface area contributed by atoms with Crippen LogP contribution in [0.15, 0.2) is 51.1 Å². The lowest BCUT2D eigenvalue weighted by Crippen LogP contribution is -2.40. The predicted molar refractivity (Wildman–Crippen MR) is 115 cm³/mol. The van der Waals surface area contributed by atoms with Gasteiger partial charge < -0.3 is 0 Å². The summed E-state index contributed by atoms with van der Waals surface area (Å²) in [6.07, 6.45) is 0. The zero-order valence-corrected chi connectivity index (χ0v) is 17.3. The molecule has 9 heteroatoms. The first-order valence-electron chi connectivity index (χ1n) is 9.17. The maximum absolute atomic E-state index is 13.4. The summed E-state index contributed by atoms with van der Waals surface area (Å²) in [5, 5.41) is 6.75. The lowest BCUT2D eigenvalue weighted by atomic mass is 10.2. The van der Waals surface area contributed by atoms with E-state index >= 15 is 0 Å². The Hall–Kier alpha value is -3.13. The van der Waals surface area contributed by atoms with E-state index in [0.29, 0.717) is 40.8 Å². The summed E-state index contributed by atoms with van der Waals surface area (Å²) in [6, 6.07) is 7.17. The largest absolute Gasteiger partial charge is 0.332 e. The second-order valence-electron chi connectivity index (χ2n) is 7.34. The smallest absolute Gasteiger partial charge is 0.297 e. The Bertz CT molecular complexity index is 1300. The summed E-state index contributed by atoms with van der Waals surface area (Å²) in [5.41, 5.74) is 2.31. The summed E-state index contributed by atoms with van der Waals surface area (Å²) in [6.45, 7) is 8.72. The molecule has 0 bridgehead atoms. The maximum atomic E-state index is 13.4. The summed E-state index contributed by atoms with van der Waals surface area (Å²) >= 11 is 6.25. The Balaban J connectivity index is 1.95. The molecule has 29 heavy (non-hydrogen) atoms. The van der Waals surface area contributed by atoms with Crippen LogP contribution >= 0.6 is 11.6 Å². The quantitative estimate of drug-likeness (QED) is 0.616. The van der Waals surface area contributed by atoms with Crippen molar-refractivity contribution in [2.75, 3.05) is 11.6 Å². The van der Waals surface area contributed by atoms with Crippen molar-refractivity contribution in [1.82, 2.24) is 18.7 Å². The fourth-order valence-corrected chi connectivity index (χ4v) is 3.71. The molecule has 150 valence electrons. The minimum Gasteiger partial charge on any atom is -0.297 e. The number of benzene rings is 1. The van der Waals surface area contributed by atoms with Crippen LogP contribution in [0.5, 0.6) is 0 Å². The van der Waals surface area contributed by atoms with Crippen molar-refractivity contribution in [2.45, 2.75) is 26.9 Å². The number of aromatic nitrogens is 4. The molecular weight excluding hydrogens is 392 g/mol. The molecule has 0 unspecified atom stereocenters. The highest BCUT2D eigenvalue weighted by atomic mass is 35.5. The van der Waals surface area contributed by atoms with Crippen molar-refractivity contribution in [1.29, 1.82) is 0 Å². The molecule has 3 heterocycles. The van der Waals surface area contributed by atoms with Crippen LogP contribution < -0.4 is 16.3 Å². The van der Waals surface area contributed by atoms with Gasteiger partial charge in [-0.3, -0.25) is 18.5 Å². The van der Waals surface area contributed by atoms with E-state index in [2.05, 4.69) is 16.7 Å². The van der Waals surface area contributed by atoms with Crippen molar-refractivity contribution >= 4 is 34.4 Å². The molecule has 1 aromatic carbocycles. The van der Waals surface area contributed by atoms with E-state index in [-0.39, 0.29) is 6.54 Å². The van der Waals surface area contributed by atoms with Crippen LogP contribution in [0.2, 0.25) is 5.02 Å². The summed E-state index contributed by atoms with van der Waals surface area (Å²) in [7, 11) is 1.61. The van der Waals surface area contributed by atoms with Crippen LogP contribution in [0.25, 0.3) is 11.2 Å². The number of hydrogen-bond donors (Lipinski definition) is 0. The molecule has 0 radical (unpaired) electrons. The Morgan fingerprint density at radius 2 is 2.00 bits per heavy atom. The number of hydrogen-bond acceptors (Lipinski definition) is 5. The molecule has 0 spiro atoms. The number of imidazole rings is 1. The average Bonchev–Trinajstić information content (AvgIpc) is 3.04. The zero-order chi connectivity index (χ0) is 20.9. The Kier molecular flexibility index (Phi) is 4.66. The molecule has 1 aliphatic rings. The first-order valence-corrected chi connectivity index (χ1v) is 9.55. The van der Waals surface area contributed by atoms with Crippen molar-refractivity contribution < 1.29 is 0 Å². The zero-order valence-electron chi connectivity index (χ0n) is 16.5. The van der Waals surface area contributed by atoms with Gasteiger partial charge >= 0.3 is 5.69 Å². The van der Waals surface area contributed by atoms with Crippen LogP contribution in [-0.2, 0) is 20.1 Å². The standard InChI is InChI=1S/C20H21ClN6O2/c1-12(2)9-27-19-22-17-16(25(19)10-13(3)23-27)18(28)26(20(29)24(17)4)11-14-7-5-6-8-15(14)21/h5-8H,1,9-11H2,2-4H3. The molecule has 0 aliphatic carbocycles. The van der Waals surface area contributed by atoms with Gasteiger partial charge in [0, 0.05) is 12.1 Å². The molecule has 0 amide bonds. The van der Waals surface area contributed by atoms with E-state index in [1.165, 1.54) is 9.13 Å². The van der Waals surface area contributed by atoms with Gasteiger partial charge in [-0.15, -0.1) is 0 Å². The molecular formula is C20H21ClN6O2. The fraction of sp³-hybridized carbons (Fsp3) is 0.300. The van der Waals surface area contributed by atoms with Crippen LogP contribution in [0.1, 0.15) is 19.4 Å². The van der Waals surface area contributed by atoms with Crippen molar-refractivity contribution in [3.8, 4) is 0 Å². The van der Waals surface area contributed by atoms with Gasteiger partial charge in [0.05, 0.1) is 25.3 Å². The van der Waals surface area contributed by atoms with Crippen LogP contribution in [0.4, 0.5) is 5.95 Å². The molecule has 0 atom stereocenters. The van der Waals surface area contributed by atoms with Gasteiger partial charge in [0.2, 0.25) is 5.95 Å². The van der Waals surface area contributed by atoms with Crippen molar-refractivity contribution in [3.63, 3.8) is 0 Å². The summed E-state index contributed by atoms with van der Waals surface area (Å²) < 4.78 is 4.40. The number of rotatable bonds is 4. The van der Waals surface area contributed by atoms with E-state index in [4.69, 9.17) is 11.6 Å². The van der Waals surface area contributed by atoms with E-state index in [1.54, 1.807) is 24.2 Å². The Morgan fingerprint density at radius 3 is 2.69 bits per heavy atom. The normalized spacial score (nSPS) is 13.5. The molecule has 0 N–H and O–H groups in total. The topological polar surface area (TPSA) is 77.4 Å². The second kappa shape index (κ2) is 7.04. The molecule has 1 aliphatic heterocycles. The van der Waals surface area contributed by atoms with Gasteiger partial charge in [-0.2, -0.15) is 10.1 Å². The first kappa shape index (κ1) is 19.2. The van der Waals surface area contributed by atoms with E-state index in [1.807, 2.05) is 30.5 Å². The molecule has 3 aromatic rings. The van der Waals surface area contributed by atoms with Crippen LogP contribution in [0, 0.1) is 0 Å². The second-order valence-corrected chi connectivity index (χ2v) is 7.75. The van der Waals surface area contributed by atoms with Crippen LogP contribution in [0.3, 0.4) is 0 Å². The summed E-state index contributed by atoms with van der Waals surface area (Å²) in [5.74, 6) is 0.524. The van der Waals surface area contributed by atoms with Gasteiger partial charge in [0.25, 0.3) is 5.56 Å². The third-order valence-corrected chi connectivity index (χ3v) is 5.20. The third kappa shape index (κ3) is 3.19. The third-order valence-electron chi connectivity index (χ3n) is 4.83. The van der Waals surface area contributed by atoms with Gasteiger partial charge in [-0.1, -0.05) is 42.0 Å². The van der Waals surface area contributed by atoms with E-state index < -0.39 is 11.2 Å². The molecule has 8 nitrogen and oxygen atoms in total. The minimum atomic E-state index is -0.443. The van der Waals surface area contributed by atoms with Gasteiger partial charge in [-0.25, -0.2) is 9.80 Å². The summed E-state index contributed by atoms with van der Waals surface area (Å²) in [4.78, 5) is 30.9. The van der Waals surface area contributed by atoms with Crippen molar-refractivity contribution in [2.24, 2.45) is 12.1 Å². The number of hydrazone groups is 1. The van der Waals surface area contributed by atoms with Gasteiger partial charge in [0.15, 0.2) is 11.2 Å². The predicted octanol–water partition coefficient (Wildman–Crippen LogP) is 2.37. The van der Waals surface area contributed by atoms with Gasteiger partial charge in [0.1, 0.15) is 0 Å². The minimum absolute atomic E-state index is 0.0875. The Labute approximate surface area is 172 Å². The van der Waals surface area contributed by atoms with E-state index in [9.17, 15) is 9.59 Å². The molecule has 4 rings (SSSR count). The number of halogens is 1. The highest BCUT2D eigenvalue weighted by Crippen LogP contribution is 2.24. The molecule has 2 aromatic heterocycles. The van der Waals surface area contributed by atoms with Crippen molar-refractivity contribution in [3.05, 3.63) is 67.8 Å². The average molecular weight is 413 g/mol. The number of fused-ring (bicyclic) bond motifs is 3. The maximum Gasteiger partial charge on any atom is 0.332 e. The fourth-order valence-electron chi connectivity index (χ4n) is 3.52. The Morgan fingerprint density at radius 1 is 1.28 bits per heavy atom. The SMILES string of the molecule is C=C(C)CN1N=C(C)Cn2c1nc1c2c(=O)n(Cc2ccccc2Cl)c(=O)n1C. The molecule has 0 saturated heterocycles. The van der Waals surface area contributed by atoms with E-state index in [0.717, 1.165) is 11.3 Å². The highest BCUT2D eigenvalue weighted by Gasteiger charge is 2.26. The first-order chi connectivity index (χ1) is 13.8. The lowest BCUT2D eigenvalue weighted by Gasteiger charge is -2.24. The molecule has 0 saturated carbocycles. The van der Waals surface area contributed by atoms with Gasteiger partial charge in [-0.05, 0) is 25.5 Å². The number of anilines is 1. The lowest BCUT2D eigenvalue weighted by molar-refractivity contribution is 0.653. The van der Waals surface area contributed by atoms with Crippen LogP contribution in [-0.4, -0.2) is 30.9 Å². The number of nitrogens with zero attached hydrogens (tertiary/aromatic N) is 6. The molecule has 0 fully saturated rings. The monoisotopic (exact) mass is 412 g/mol. The highest BCUT2D eigenvalue weighted by molar-refractivity contribution is 6.31. The number of aryl methyl sites for hydroxylation is 1.